The summed E-state index contributed by atoms with van der Waals surface area (Å²) in [6, 6.07) is -0.434. The van der Waals surface area contributed by atoms with Gasteiger partial charge in [0.15, 0.2) is 0 Å². The molecule has 1 fully saturated rings. The van der Waals surface area contributed by atoms with E-state index in [1.807, 2.05) is 0 Å². The topological polar surface area (TPSA) is 64.3 Å². The molecule has 88 valence electrons. The lowest BCUT2D eigenvalue weighted by atomic mass is 10.1. The van der Waals surface area contributed by atoms with E-state index in [1.54, 1.807) is 7.11 Å². The van der Waals surface area contributed by atoms with E-state index in [0.29, 0.717) is 18.9 Å². The third-order valence-corrected chi connectivity index (χ3v) is 2.99. The summed E-state index contributed by atoms with van der Waals surface area (Å²) in [5.74, 6) is 1.35. The fourth-order valence-electron chi connectivity index (χ4n) is 1.60. The molecule has 0 aliphatic heterocycles. The molecule has 0 aromatic rings. The van der Waals surface area contributed by atoms with Gasteiger partial charge in [-0.1, -0.05) is 6.92 Å². The molecule has 1 amide bonds. The first-order valence-corrected chi connectivity index (χ1v) is 5.67. The second-order valence-corrected chi connectivity index (χ2v) is 4.45. The molecule has 0 spiro atoms. The molecule has 15 heavy (non-hydrogen) atoms. The highest BCUT2D eigenvalue weighted by Gasteiger charge is 2.28. The van der Waals surface area contributed by atoms with Crippen LogP contribution in [0.25, 0.3) is 0 Å². The maximum absolute atomic E-state index is 11.5. The summed E-state index contributed by atoms with van der Waals surface area (Å²) in [6.07, 6.45) is 3.21. The SMILES string of the molecule is COCCC(N)C(=O)NCC(C)C1CC1. The van der Waals surface area contributed by atoms with Gasteiger partial charge in [-0.2, -0.15) is 0 Å². The van der Waals surface area contributed by atoms with Gasteiger partial charge < -0.3 is 15.8 Å². The first kappa shape index (κ1) is 12.5. The number of amides is 1. The van der Waals surface area contributed by atoms with Crippen molar-refractivity contribution in [1.29, 1.82) is 0 Å². The quantitative estimate of drug-likeness (QED) is 0.649. The number of carbonyl (C=O) groups excluding carboxylic acids is 1. The third-order valence-electron chi connectivity index (χ3n) is 2.99. The molecule has 2 atom stereocenters. The van der Waals surface area contributed by atoms with Crippen LogP contribution in [0, 0.1) is 11.8 Å². The van der Waals surface area contributed by atoms with Gasteiger partial charge in [-0.25, -0.2) is 0 Å². The summed E-state index contributed by atoms with van der Waals surface area (Å²) in [5, 5.41) is 2.89. The molecular formula is C11H22N2O2. The number of methoxy groups -OCH3 is 1. The van der Waals surface area contributed by atoms with Crippen LogP contribution in [0.15, 0.2) is 0 Å². The van der Waals surface area contributed by atoms with Gasteiger partial charge in [0.25, 0.3) is 0 Å². The first-order chi connectivity index (χ1) is 7.15. The lowest BCUT2D eigenvalue weighted by molar-refractivity contribution is -0.122. The van der Waals surface area contributed by atoms with Gasteiger partial charge in [0.1, 0.15) is 0 Å². The van der Waals surface area contributed by atoms with E-state index in [4.69, 9.17) is 10.5 Å². The molecule has 1 aliphatic rings. The van der Waals surface area contributed by atoms with Crippen molar-refractivity contribution >= 4 is 5.91 Å². The van der Waals surface area contributed by atoms with Crippen molar-refractivity contribution in [2.45, 2.75) is 32.2 Å². The Bertz CT molecular complexity index is 205. The molecule has 0 saturated heterocycles. The van der Waals surface area contributed by atoms with Gasteiger partial charge in [-0.05, 0) is 31.1 Å². The van der Waals surface area contributed by atoms with Gasteiger partial charge in [-0.3, -0.25) is 4.79 Å². The number of hydrogen-bond donors (Lipinski definition) is 2. The first-order valence-electron chi connectivity index (χ1n) is 5.67. The van der Waals surface area contributed by atoms with E-state index < -0.39 is 6.04 Å². The molecule has 1 aliphatic carbocycles. The maximum Gasteiger partial charge on any atom is 0.237 e. The van der Waals surface area contributed by atoms with Crippen LogP contribution in [0.1, 0.15) is 26.2 Å². The Morgan fingerprint density at radius 2 is 2.27 bits per heavy atom. The predicted molar refractivity (Wildman–Crippen MR) is 59.4 cm³/mol. The van der Waals surface area contributed by atoms with Gasteiger partial charge in [0, 0.05) is 20.3 Å². The summed E-state index contributed by atoms with van der Waals surface area (Å²) in [7, 11) is 1.61. The van der Waals surface area contributed by atoms with Crippen LogP contribution >= 0.6 is 0 Å². The standard InChI is InChI=1S/C11H22N2O2/c1-8(9-3-4-9)7-13-11(14)10(12)5-6-15-2/h8-10H,3-7,12H2,1-2H3,(H,13,14). The third kappa shape index (κ3) is 4.62. The highest BCUT2D eigenvalue weighted by atomic mass is 16.5. The van der Waals surface area contributed by atoms with Crippen LogP contribution in [0.3, 0.4) is 0 Å². The van der Waals surface area contributed by atoms with Crippen molar-refractivity contribution in [2.75, 3.05) is 20.3 Å². The van der Waals surface area contributed by atoms with Crippen LogP contribution in [-0.4, -0.2) is 32.2 Å². The molecule has 0 heterocycles. The fourth-order valence-corrected chi connectivity index (χ4v) is 1.60. The van der Waals surface area contributed by atoms with Crippen LogP contribution in [0.2, 0.25) is 0 Å². The van der Waals surface area contributed by atoms with Crippen molar-refractivity contribution in [3.8, 4) is 0 Å². The van der Waals surface area contributed by atoms with E-state index in [2.05, 4.69) is 12.2 Å². The summed E-state index contributed by atoms with van der Waals surface area (Å²) in [6.45, 7) is 3.47. The molecule has 2 unspecified atom stereocenters. The zero-order valence-electron chi connectivity index (χ0n) is 9.66. The Morgan fingerprint density at radius 3 is 2.80 bits per heavy atom. The minimum absolute atomic E-state index is 0.0560. The zero-order valence-corrected chi connectivity index (χ0v) is 9.66. The van der Waals surface area contributed by atoms with Crippen LogP contribution in [-0.2, 0) is 9.53 Å². The van der Waals surface area contributed by atoms with E-state index >= 15 is 0 Å². The maximum atomic E-state index is 11.5. The Balaban J connectivity index is 2.10. The zero-order chi connectivity index (χ0) is 11.3. The summed E-state index contributed by atoms with van der Waals surface area (Å²) in [4.78, 5) is 11.5. The lowest BCUT2D eigenvalue weighted by Crippen LogP contribution is -2.42. The average molecular weight is 214 g/mol. The highest BCUT2D eigenvalue weighted by molar-refractivity contribution is 5.81. The van der Waals surface area contributed by atoms with E-state index in [9.17, 15) is 4.79 Å². The summed E-state index contributed by atoms with van der Waals surface area (Å²) < 4.78 is 4.88. The minimum Gasteiger partial charge on any atom is -0.385 e. The number of nitrogens with one attached hydrogen (secondary N) is 1. The van der Waals surface area contributed by atoms with E-state index in [-0.39, 0.29) is 5.91 Å². The van der Waals surface area contributed by atoms with Crippen molar-refractivity contribution < 1.29 is 9.53 Å². The monoisotopic (exact) mass is 214 g/mol. The Kier molecular flexibility index (Phi) is 5.05. The normalized spacial score (nSPS) is 19.7. The van der Waals surface area contributed by atoms with Gasteiger partial charge in [-0.15, -0.1) is 0 Å². The molecule has 0 aromatic carbocycles. The lowest BCUT2D eigenvalue weighted by Gasteiger charge is -2.15. The smallest absolute Gasteiger partial charge is 0.237 e. The van der Waals surface area contributed by atoms with E-state index in [0.717, 1.165) is 12.5 Å². The number of nitrogens with two attached hydrogens (primary N) is 1. The molecule has 0 aromatic heterocycles. The predicted octanol–water partition coefficient (Wildman–Crippen LogP) is 0.513. The van der Waals surface area contributed by atoms with Crippen LogP contribution < -0.4 is 11.1 Å². The molecule has 1 saturated carbocycles. The molecular weight excluding hydrogens is 192 g/mol. The van der Waals surface area contributed by atoms with Gasteiger partial charge >= 0.3 is 0 Å². The molecule has 3 N–H and O–H groups in total. The largest absolute Gasteiger partial charge is 0.385 e. The van der Waals surface area contributed by atoms with Gasteiger partial charge in [0.2, 0.25) is 5.91 Å². The van der Waals surface area contributed by atoms with Crippen LogP contribution in [0.4, 0.5) is 0 Å². The highest BCUT2D eigenvalue weighted by Crippen LogP contribution is 2.35. The average Bonchev–Trinajstić information content (AvgIpc) is 3.05. The molecule has 0 radical (unpaired) electrons. The van der Waals surface area contributed by atoms with E-state index in [1.165, 1.54) is 12.8 Å². The second-order valence-electron chi connectivity index (χ2n) is 4.45. The molecule has 1 rings (SSSR count). The Hall–Kier alpha value is -0.610. The van der Waals surface area contributed by atoms with Crippen molar-refractivity contribution in [2.24, 2.45) is 17.6 Å². The van der Waals surface area contributed by atoms with Gasteiger partial charge in [0.05, 0.1) is 6.04 Å². The van der Waals surface area contributed by atoms with Crippen molar-refractivity contribution in [3.63, 3.8) is 0 Å². The number of rotatable bonds is 7. The summed E-state index contributed by atoms with van der Waals surface area (Å²) in [5.41, 5.74) is 5.69. The number of hydrogen-bond acceptors (Lipinski definition) is 3. The minimum atomic E-state index is -0.434. The van der Waals surface area contributed by atoms with Crippen molar-refractivity contribution in [3.05, 3.63) is 0 Å². The molecule has 0 bridgehead atoms. The molecule has 4 nitrogen and oxygen atoms in total. The van der Waals surface area contributed by atoms with Crippen molar-refractivity contribution in [1.82, 2.24) is 5.32 Å². The molecule has 4 heteroatoms. The second kappa shape index (κ2) is 6.08. The fraction of sp³-hybridized carbons (Fsp3) is 0.909. The number of ether oxygens (including phenoxy) is 1. The number of carbonyl (C=O) groups is 1. The Labute approximate surface area is 91.5 Å². The summed E-state index contributed by atoms with van der Waals surface area (Å²) >= 11 is 0. The van der Waals surface area contributed by atoms with Crippen LogP contribution in [0.5, 0.6) is 0 Å². The Morgan fingerprint density at radius 1 is 1.60 bits per heavy atom.